The first-order valence-electron chi connectivity index (χ1n) is 6.71. The van der Waals surface area contributed by atoms with Crippen molar-refractivity contribution in [2.24, 2.45) is 10.8 Å². The Bertz CT molecular complexity index is 207. The molecule has 15 heavy (non-hydrogen) atoms. The summed E-state index contributed by atoms with van der Waals surface area (Å²) in [5, 5.41) is 0. The van der Waals surface area contributed by atoms with Crippen LogP contribution in [0.1, 0.15) is 71.1 Å². The van der Waals surface area contributed by atoms with E-state index in [-0.39, 0.29) is 5.41 Å². The molecule has 0 aromatic rings. The summed E-state index contributed by atoms with van der Waals surface area (Å²) in [5.41, 5.74) is 0.770. The van der Waals surface area contributed by atoms with Crippen molar-refractivity contribution in [1.29, 1.82) is 0 Å². The van der Waals surface area contributed by atoms with Crippen LogP contribution in [0.2, 0.25) is 0 Å². The van der Waals surface area contributed by atoms with Gasteiger partial charge in [-0.25, -0.2) is 0 Å². The van der Waals surface area contributed by atoms with Crippen molar-refractivity contribution < 1.29 is 4.79 Å². The first-order valence-corrected chi connectivity index (χ1v) is 6.71. The average molecular weight is 208 g/mol. The van der Waals surface area contributed by atoms with Crippen molar-refractivity contribution in [3.8, 4) is 0 Å². The highest BCUT2D eigenvalue weighted by molar-refractivity contribution is 5.60. The van der Waals surface area contributed by atoms with E-state index in [9.17, 15) is 4.79 Å². The van der Waals surface area contributed by atoms with Crippen molar-refractivity contribution in [3.05, 3.63) is 0 Å². The van der Waals surface area contributed by atoms with Gasteiger partial charge < -0.3 is 4.79 Å². The predicted octanol–water partition coefficient (Wildman–Crippen LogP) is 4.11. The Morgan fingerprint density at radius 2 is 1.60 bits per heavy atom. The number of fused-ring (bicyclic) bond motifs is 3. The van der Waals surface area contributed by atoms with Gasteiger partial charge in [-0.1, -0.05) is 26.2 Å². The van der Waals surface area contributed by atoms with Gasteiger partial charge in [-0.05, 0) is 50.4 Å². The van der Waals surface area contributed by atoms with Gasteiger partial charge in [0, 0.05) is 5.41 Å². The minimum atomic E-state index is 0.118. The Kier molecular flexibility index (Phi) is 3.18. The molecular formula is C14H24O. The van der Waals surface area contributed by atoms with E-state index in [2.05, 4.69) is 6.92 Å². The summed E-state index contributed by atoms with van der Waals surface area (Å²) in [6.07, 6.45) is 14.4. The third-order valence-corrected chi connectivity index (χ3v) is 5.02. The van der Waals surface area contributed by atoms with Crippen LogP contribution >= 0.6 is 0 Å². The Hall–Kier alpha value is -0.330. The second kappa shape index (κ2) is 4.27. The highest BCUT2D eigenvalue weighted by Gasteiger charge is 2.47. The molecule has 0 N–H and O–H groups in total. The van der Waals surface area contributed by atoms with Crippen LogP contribution in [-0.2, 0) is 4.79 Å². The van der Waals surface area contributed by atoms with Gasteiger partial charge in [0.25, 0.3) is 0 Å². The maximum absolute atomic E-state index is 11.1. The largest absolute Gasteiger partial charge is 0.303 e. The number of carbonyl (C=O) groups excluding carboxylic acids is 1. The normalized spacial score (nSPS) is 39.3. The predicted molar refractivity (Wildman–Crippen MR) is 62.8 cm³/mol. The lowest BCUT2D eigenvalue weighted by Gasteiger charge is -2.51. The molecule has 0 aromatic carbocycles. The molecule has 0 radical (unpaired) electrons. The SMILES string of the molecule is CCCCCC12CCC(C=O)(CC1)CC2. The van der Waals surface area contributed by atoms with Crippen LogP contribution < -0.4 is 0 Å². The Labute approximate surface area is 93.6 Å². The Morgan fingerprint density at radius 3 is 2.07 bits per heavy atom. The molecule has 0 atom stereocenters. The summed E-state index contributed by atoms with van der Waals surface area (Å²) in [4.78, 5) is 11.1. The molecule has 3 fully saturated rings. The number of carbonyl (C=O) groups is 1. The summed E-state index contributed by atoms with van der Waals surface area (Å²) in [6, 6.07) is 0. The topological polar surface area (TPSA) is 17.1 Å². The molecule has 0 saturated heterocycles. The van der Waals surface area contributed by atoms with E-state index in [1.807, 2.05) is 0 Å². The molecule has 0 heterocycles. The fourth-order valence-electron chi connectivity index (χ4n) is 3.59. The van der Waals surface area contributed by atoms with Crippen LogP contribution in [0.4, 0.5) is 0 Å². The van der Waals surface area contributed by atoms with Crippen LogP contribution in [0, 0.1) is 10.8 Å². The second-order valence-corrected chi connectivity index (χ2v) is 5.94. The van der Waals surface area contributed by atoms with Gasteiger partial charge in [-0.3, -0.25) is 0 Å². The molecule has 1 nitrogen and oxygen atoms in total. The van der Waals surface area contributed by atoms with E-state index in [1.165, 1.54) is 70.5 Å². The van der Waals surface area contributed by atoms with Crippen LogP contribution in [0.5, 0.6) is 0 Å². The van der Waals surface area contributed by atoms with Crippen molar-refractivity contribution >= 4 is 6.29 Å². The average Bonchev–Trinajstić information content (AvgIpc) is 2.32. The molecule has 0 amide bonds. The second-order valence-electron chi connectivity index (χ2n) is 5.94. The Morgan fingerprint density at radius 1 is 1.00 bits per heavy atom. The smallest absolute Gasteiger partial charge is 0.126 e. The molecule has 0 unspecified atom stereocenters. The summed E-state index contributed by atoms with van der Waals surface area (Å²) >= 11 is 0. The maximum atomic E-state index is 11.1. The summed E-state index contributed by atoms with van der Waals surface area (Å²) in [6.45, 7) is 2.27. The van der Waals surface area contributed by atoms with Crippen molar-refractivity contribution in [3.63, 3.8) is 0 Å². The molecule has 0 spiro atoms. The van der Waals surface area contributed by atoms with Gasteiger partial charge in [0.15, 0.2) is 0 Å². The van der Waals surface area contributed by atoms with E-state index in [0.717, 1.165) is 0 Å². The fraction of sp³-hybridized carbons (Fsp3) is 0.929. The van der Waals surface area contributed by atoms with Gasteiger partial charge in [-0.2, -0.15) is 0 Å². The van der Waals surface area contributed by atoms with Crippen LogP contribution in [0.25, 0.3) is 0 Å². The maximum Gasteiger partial charge on any atom is 0.126 e. The minimum absolute atomic E-state index is 0.118. The van der Waals surface area contributed by atoms with Gasteiger partial charge in [-0.15, -0.1) is 0 Å². The van der Waals surface area contributed by atoms with Gasteiger partial charge in [0.05, 0.1) is 0 Å². The molecule has 0 aliphatic heterocycles. The molecule has 3 aliphatic carbocycles. The highest BCUT2D eigenvalue weighted by atomic mass is 16.1. The van der Waals surface area contributed by atoms with E-state index in [1.54, 1.807) is 0 Å². The molecule has 3 rings (SSSR count). The quantitative estimate of drug-likeness (QED) is 0.491. The standard InChI is InChI=1S/C14H24O/c1-2-3-4-5-13-6-9-14(12-15,10-7-13)11-8-13/h12H,2-11H2,1H3. The van der Waals surface area contributed by atoms with Crippen LogP contribution in [0.3, 0.4) is 0 Å². The van der Waals surface area contributed by atoms with Gasteiger partial charge in [0.2, 0.25) is 0 Å². The van der Waals surface area contributed by atoms with Crippen molar-refractivity contribution in [2.75, 3.05) is 0 Å². The van der Waals surface area contributed by atoms with E-state index < -0.39 is 0 Å². The number of hydrogen-bond donors (Lipinski definition) is 0. The summed E-state index contributed by atoms with van der Waals surface area (Å²) in [5.74, 6) is 0. The lowest BCUT2D eigenvalue weighted by atomic mass is 9.53. The van der Waals surface area contributed by atoms with E-state index in [0.29, 0.717) is 5.41 Å². The monoisotopic (exact) mass is 208 g/mol. The summed E-state index contributed by atoms with van der Waals surface area (Å²) in [7, 11) is 0. The molecule has 0 aromatic heterocycles. The van der Waals surface area contributed by atoms with E-state index in [4.69, 9.17) is 0 Å². The number of unbranched alkanes of at least 4 members (excludes halogenated alkanes) is 2. The molecule has 86 valence electrons. The van der Waals surface area contributed by atoms with Crippen molar-refractivity contribution in [1.82, 2.24) is 0 Å². The molecule has 1 heteroatoms. The number of rotatable bonds is 5. The molecule has 2 bridgehead atoms. The number of hydrogen-bond acceptors (Lipinski definition) is 1. The lowest BCUT2D eigenvalue weighted by Crippen LogP contribution is -2.42. The Balaban J connectivity index is 1.89. The van der Waals surface area contributed by atoms with Crippen LogP contribution in [-0.4, -0.2) is 6.29 Å². The first-order chi connectivity index (χ1) is 7.24. The zero-order valence-electron chi connectivity index (χ0n) is 10.1. The van der Waals surface area contributed by atoms with E-state index >= 15 is 0 Å². The lowest BCUT2D eigenvalue weighted by molar-refractivity contribution is -0.125. The van der Waals surface area contributed by atoms with Crippen LogP contribution in [0.15, 0.2) is 0 Å². The molecule has 3 aliphatic rings. The number of aldehydes is 1. The zero-order valence-corrected chi connectivity index (χ0v) is 10.1. The highest BCUT2D eigenvalue weighted by Crippen LogP contribution is 2.57. The summed E-state index contributed by atoms with van der Waals surface area (Å²) < 4.78 is 0. The first kappa shape index (κ1) is 11.2. The molecule has 3 saturated carbocycles. The van der Waals surface area contributed by atoms with Crippen molar-refractivity contribution in [2.45, 2.75) is 71.1 Å². The fourth-order valence-corrected chi connectivity index (χ4v) is 3.59. The minimum Gasteiger partial charge on any atom is -0.303 e. The van der Waals surface area contributed by atoms with Gasteiger partial charge >= 0.3 is 0 Å². The zero-order chi connectivity index (χ0) is 10.8. The third-order valence-electron chi connectivity index (χ3n) is 5.02. The third kappa shape index (κ3) is 2.11. The molecular weight excluding hydrogens is 184 g/mol. The van der Waals surface area contributed by atoms with Gasteiger partial charge in [0.1, 0.15) is 6.29 Å².